The van der Waals surface area contributed by atoms with Crippen LogP contribution in [0, 0.1) is 0 Å². The molecule has 0 saturated carbocycles. The number of piperidine rings is 1. The number of amides is 1. The smallest absolute Gasteiger partial charge is 0.223 e. The molecule has 2 saturated heterocycles. The van der Waals surface area contributed by atoms with Gasteiger partial charge in [0.05, 0.1) is 12.1 Å². The largest absolute Gasteiger partial charge is 0.376 e. The summed E-state index contributed by atoms with van der Waals surface area (Å²) in [4.78, 5) is 14.3. The normalized spacial score (nSPS) is 30.8. The number of likely N-dealkylation sites (tertiary alicyclic amines) is 1. The molecule has 0 spiro atoms. The monoisotopic (exact) mass is 274 g/mol. The van der Waals surface area contributed by atoms with Crippen molar-refractivity contribution in [1.82, 2.24) is 4.90 Å². The molecule has 3 unspecified atom stereocenters. The van der Waals surface area contributed by atoms with Gasteiger partial charge in [-0.25, -0.2) is 0 Å². The van der Waals surface area contributed by atoms with Crippen LogP contribution in [0.25, 0.3) is 0 Å². The summed E-state index contributed by atoms with van der Waals surface area (Å²) in [5, 5.41) is 0. The zero-order valence-corrected chi connectivity index (χ0v) is 11.7. The molecule has 1 amide bonds. The highest BCUT2D eigenvalue weighted by molar-refractivity contribution is 5.78. The molecule has 4 heteroatoms. The molecule has 0 radical (unpaired) electrons. The molecular weight excluding hydrogens is 252 g/mol. The van der Waals surface area contributed by atoms with Gasteiger partial charge in [0.15, 0.2) is 0 Å². The Morgan fingerprint density at radius 2 is 2.05 bits per heavy atom. The highest BCUT2D eigenvalue weighted by Gasteiger charge is 2.36. The number of hydrogen-bond acceptors (Lipinski definition) is 3. The first-order valence-corrected chi connectivity index (χ1v) is 7.47. The van der Waals surface area contributed by atoms with E-state index < -0.39 is 0 Å². The molecule has 3 atom stereocenters. The van der Waals surface area contributed by atoms with E-state index in [1.807, 2.05) is 23.1 Å². The summed E-state index contributed by atoms with van der Waals surface area (Å²) in [6.07, 6.45) is 3.63. The quantitative estimate of drug-likeness (QED) is 0.915. The van der Waals surface area contributed by atoms with Crippen LogP contribution >= 0.6 is 0 Å². The van der Waals surface area contributed by atoms with Crippen LogP contribution in [0.5, 0.6) is 0 Å². The van der Waals surface area contributed by atoms with Gasteiger partial charge in [0, 0.05) is 25.6 Å². The molecule has 0 aliphatic carbocycles. The molecule has 4 nitrogen and oxygen atoms in total. The van der Waals surface area contributed by atoms with Gasteiger partial charge in [-0.1, -0.05) is 30.3 Å². The Balaban J connectivity index is 1.83. The van der Waals surface area contributed by atoms with Gasteiger partial charge in [0.1, 0.15) is 0 Å². The predicted molar refractivity (Wildman–Crippen MR) is 77.1 cm³/mol. The summed E-state index contributed by atoms with van der Waals surface area (Å²) in [6, 6.07) is 10.1. The van der Waals surface area contributed by atoms with Crippen molar-refractivity contribution in [2.45, 2.75) is 43.9 Å². The third kappa shape index (κ3) is 2.72. The molecule has 0 bridgehead atoms. The van der Waals surface area contributed by atoms with Gasteiger partial charge >= 0.3 is 0 Å². The van der Waals surface area contributed by atoms with E-state index in [2.05, 4.69) is 12.1 Å². The molecule has 2 aliphatic heterocycles. The molecular formula is C16H22N2O2. The fourth-order valence-electron chi connectivity index (χ4n) is 3.28. The van der Waals surface area contributed by atoms with E-state index in [9.17, 15) is 4.79 Å². The summed E-state index contributed by atoms with van der Waals surface area (Å²) >= 11 is 0. The predicted octanol–water partition coefficient (Wildman–Crippen LogP) is 1.86. The van der Waals surface area contributed by atoms with Crippen LogP contribution in [-0.2, 0) is 9.53 Å². The number of nitrogens with zero attached hydrogens (tertiary/aromatic N) is 1. The van der Waals surface area contributed by atoms with E-state index in [1.54, 1.807) is 0 Å². The minimum Gasteiger partial charge on any atom is -0.376 e. The summed E-state index contributed by atoms with van der Waals surface area (Å²) < 4.78 is 5.69. The molecule has 1 aromatic carbocycles. The second-order valence-corrected chi connectivity index (χ2v) is 5.74. The third-order valence-electron chi connectivity index (χ3n) is 4.32. The molecule has 0 aromatic heterocycles. The van der Waals surface area contributed by atoms with Crippen LogP contribution in [-0.4, -0.2) is 36.1 Å². The zero-order chi connectivity index (χ0) is 13.9. The molecule has 2 heterocycles. The summed E-state index contributed by atoms with van der Waals surface area (Å²) in [6.45, 7) is 1.49. The summed E-state index contributed by atoms with van der Waals surface area (Å²) in [5.41, 5.74) is 7.43. The molecule has 1 aromatic rings. The van der Waals surface area contributed by atoms with Gasteiger partial charge in [-0.2, -0.15) is 0 Å². The number of ether oxygens (including phenoxy) is 1. The Labute approximate surface area is 119 Å². The van der Waals surface area contributed by atoms with E-state index in [4.69, 9.17) is 10.5 Å². The first kappa shape index (κ1) is 13.6. The van der Waals surface area contributed by atoms with Crippen molar-refractivity contribution in [3.8, 4) is 0 Å². The Hall–Kier alpha value is -1.39. The average Bonchev–Trinajstić information content (AvgIpc) is 2.97. The molecule has 2 fully saturated rings. The number of benzene rings is 1. The number of carbonyl (C=O) groups excluding carboxylic acids is 1. The van der Waals surface area contributed by atoms with Gasteiger partial charge in [-0.3, -0.25) is 4.79 Å². The molecule has 3 rings (SSSR count). The summed E-state index contributed by atoms with van der Waals surface area (Å²) in [5.74, 6) is 0.205. The minimum absolute atomic E-state index is 0.0107. The minimum atomic E-state index is -0.0124. The number of rotatable bonds is 3. The highest BCUT2D eigenvalue weighted by Crippen LogP contribution is 2.32. The van der Waals surface area contributed by atoms with Crippen LogP contribution < -0.4 is 5.73 Å². The lowest BCUT2D eigenvalue weighted by molar-refractivity contribution is -0.139. The van der Waals surface area contributed by atoms with Crippen molar-refractivity contribution in [1.29, 1.82) is 0 Å². The van der Waals surface area contributed by atoms with E-state index >= 15 is 0 Å². The van der Waals surface area contributed by atoms with Crippen LogP contribution in [0.1, 0.15) is 37.3 Å². The maximum absolute atomic E-state index is 12.3. The van der Waals surface area contributed by atoms with Crippen LogP contribution in [0.2, 0.25) is 0 Å². The number of carbonyl (C=O) groups is 1. The lowest BCUT2D eigenvalue weighted by atomic mass is 9.90. The fourth-order valence-corrected chi connectivity index (χ4v) is 3.28. The van der Waals surface area contributed by atoms with Crippen molar-refractivity contribution in [3.63, 3.8) is 0 Å². The topological polar surface area (TPSA) is 55.6 Å². The van der Waals surface area contributed by atoms with Gasteiger partial charge in [-0.15, -0.1) is 0 Å². The van der Waals surface area contributed by atoms with E-state index in [0.29, 0.717) is 13.0 Å². The van der Waals surface area contributed by atoms with Crippen molar-refractivity contribution < 1.29 is 9.53 Å². The van der Waals surface area contributed by atoms with E-state index in [-0.39, 0.29) is 24.1 Å². The zero-order valence-electron chi connectivity index (χ0n) is 11.7. The lowest BCUT2D eigenvalue weighted by Gasteiger charge is -2.41. The van der Waals surface area contributed by atoms with Crippen LogP contribution in [0.15, 0.2) is 30.3 Å². The highest BCUT2D eigenvalue weighted by atomic mass is 16.5. The first-order chi connectivity index (χ1) is 9.75. The van der Waals surface area contributed by atoms with Gasteiger partial charge in [0.25, 0.3) is 0 Å². The van der Waals surface area contributed by atoms with Crippen molar-refractivity contribution in [2.24, 2.45) is 5.73 Å². The summed E-state index contributed by atoms with van der Waals surface area (Å²) in [7, 11) is 0. The molecule has 2 N–H and O–H groups in total. The SMILES string of the molecule is NC1CCC(=O)N(CC2CCCO2)C1c1ccccc1. The Bertz CT molecular complexity index is 457. The van der Waals surface area contributed by atoms with Crippen LogP contribution in [0.4, 0.5) is 0 Å². The molecule has 20 heavy (non-hydrogen) atoms. The number of hydrogen-bond donors (Lipinski definition) is 1. The van der Waals surface area contributed by atoms with Crippen molar-refractivity contribution in [3.05, 3.63) is 35.9 Å². The first-order valence-electron chi connectivity index (χ1n) is 7.47. The lowest BCUT2D eigenvalue weighted by Crippen LogP contribution is -2.51. The second-order valence-electron chi connectivity index (χ2n) is 5.74. The number of nitrogens with two attached hydrogens (primary N) is 1. The molecule has 108 valence electrons. The average molecular weight is 274 g/mol. The van der Waals surface area contributed by atoms with Crippen molar-refractivity contribution in [2.75, 3.05) is 13.2 Å². The maximum atomic E-state index is 12.3. The Morgan fingerprint density at radius 3 is 2.75 bits per heavy atom. The van der Waals surface area contributed by atoms with Gasteiger partial charge in [-0.05, 0) is 24.8 Å². The third-order valence-corrected chi connectivity index (χ3v) is 4.32. The Morgan fingerprint density at radius 1 is 1.25 bits per heavy atom. The van der Waals surface area contributed by atoms with Gasteiger partial charge in [0.2, 0.25) is 5.91 Å². The fraction of sp³-hybridized carbons (Fsp3) is 0.562. The molecule has 2 aliphatic rings. The Kier molecular flexibility index (Phi) is 4.03. The van der Waals surface area contributed by atoms with Crippen molar-refractivity contribution >= 4 is 5.91 Å². The van der Waals surface area contributed by atoms with E-state index in [0.717, 1.165) is 31.4 Å². The second kappa shape index (κ2) is 5.94. The van der Waals surface area contributed by atoms with E-state index in [1.165, 1.54) is 0 Å². The standard InChI is InChI=1S/C16H22N2O2/c17-14-8-9-15(19)18(11-13-7-4-10-20-13)16(14)12-5-2-1-3-6-12/h1-3,5-6,13-14,16H,4,7-11,17H2. The van der Waals surface area contributed by atoms with Crippen LogP contribution in [0.3, 0.4) is 0 Å². The van der Waals surface area contributed by atoms with Gasteiger partial charge < -0.3 is 15.4 Å². The maximum Gasteiger partial charge on any atom is 0.223 e.